The number of halogens is 4. The number of thiophene rings is 1. The van der Waals surface area contributed by atoms with Gasteiger partial charge in [0.2, 0.25) is 5.91 Å². The lowest BCUT2D eigenvalue weighted by atomic mass is 9.95. The highest BCUT2D eigenvalue weighted by Gasteiger charge is 2.42. The number of hydrogen-bond acceptors (Lipinski definition) is 5. The molecule has 0 atom stereocenters. The fraction of sp³-hybridized carbons (Fsp3) is 0.571. The van der Waals surface area contributed by atoms with E-state index in [9.17, 15) is 22.8 Å². The Morgan fingerprint density at radius 3 is 2.66 bits per heavy atom. The number of anilines is 1. The second-order valence-corrected chi connectivity index (χ2v) is 9.46. The maximum atomic E-state index is 13.2. The van der Waals surface area contributed by atoms with Crippen LogP contribution < -0.4 is 5.32 Å². The molecule has 2 aromatic rings. The third-order valence-electron chi connectivity index (χ3n) is 5.62. The number of aromatic nitrogens is 2. The Balaban J connectivity index is 1.51. The van der Waals surface area contributed by atoms with Gasteiger partial charge in [0, 0.05) is 17.2 Å². The lowest BCUT2D eigenvalue weighted by Crippen LogP contribution is -2.18. The third-order valence-corrected chi connectivity index (χ3v) is 7.20. The molecule has 2 aliphatic rings. The van der Waals surface area contributed by atoms with Crippen molar-refractivity contribution < 1.29 is 27.5 Å². The van der Waals surface area contributed by atoms with Gasteiger partial charge < -0.3 is 10.1 Å². The zero-order valence-corrected chi connectivity index (χ0v) is 19.1. The van der Waals surface area contributed by atoms with E-state index in [1.807, 2.05) is 0 Å². The summed E-state index contributed by atoms with van der Waals surface area (Å²) in [5.41, 5.74) is 0.558. The van der Waals surface area contributed by atoms with Gasteiger partial charge in [-0.05, 0) is 51.0 Å². The van der Waals surface area contributed by atoms with Gasteiger partial charge in [-0.15, -0.1) is 11.3 Å². The van der Waals surface area contributed by atoms with E-state index in [1.54, 1.807) is 6.92 Å². The molecule has 2 aliphatic carbocycles. The van der Waals surface area contributed by atoms with Crippen LogP contribution in [0.5, 0.6) is 0 Å². The highest BCUT2D eigenvalue weighted by Crippen LogP contribution is 2.47. The largest absolute Gasteiger partial charge is 0.462 e. The van der Waals surface area contributed by atoms with E-state index in [0.29, 0.717) is 16.3 Å². The van der Waals surface area contributed by atoms with E-state index in [-0.39, 0.29) is 30.5 Å². The number of fused-ring (bicyclic) bond motifs is 1. The lowest BCUT2D eigenvalue weighted by molar-refractivity contribution is -0.141. The molecule has 2 aromatic heterocycles. The highest BCUT2D eigenvalue weighted by molar-refractivity contribution is 7.17. The first-order valence-corrected chi connectivity index (χ1v) is 11.8. The molecule has 0 bridgehead atoms. The van der Waals surface area contributed by atoms with E-state index in [4.69, 9.17) is 16.3 Å². The Kier molecular flexibility index (Phi) is 6.53. The number of alkyl halides is 3. The average Bonchev–Trinajstić information content (AvgIpc) is 3.40. The highest BCUT2D eigenvalue weighted by atomic mass is 35.5. The van der Waals surface area contributed by atoms with E-state index < -0.39 is 23.7 Å². The van der Waals surface area contributed by atoms with Gasteiger partial charge in [0.25, 0.3) is 0 Å². The van der Waals surface area contributed by atoms with Gasteiger partial charge in [-0.25, -0.2) is 4.79 Å². The molecule has 32 heavy (non-hydrogen) atoms. The number of esters is 1. The normalized spacial score (nSPS) is 16.0. The molecule has 1 fully saturated rings. The molecule has 0 saturated heterocycles. The second-order valence-electron chi connectivity index (χ2n) is 7.98. The Morgan fingerprint density at radius 2 is 2.00 bits per heavy atom. The molecule has 1 saturated carbocycles. The first-order valence-electron chi connectivity index (χ1n) is 10.7. The summed E-state index contributed by atoms with van der Waals surface area (Å²) in [6.45, 7) is 1.91. The first kappa shape index (κ1) is 23.1. The minimum Gasteiger partial charge on any atom is -0.462 e. The lowest BCUT2D eigenvalue weighted by Gasteiger charge is -2.12. The van der Waals surface area contributed by atoms with Crippen molar-refractivity contribution in [3.05, 3.63) is 32.4 Å². The summed E-state index contributed by atoms with van der Waals surface area (Å²) in [5.74, 6) is -0.934. The van der Waals surface area contributed by atoms with E-state index in [0.717, 1.165) is 49.0 Å². The molecule has 0 aromatic carbocycles. The molecular formula is C21H23ClF3N3O3S. The first-order chi connectivity index (χ1) is 15.2. The number of rotatable bonds is 7. The Morgan fingerprint density at radius 1 is 1.28 bits per heavy atom. The van der Waals surface area contributed by atoms with Crippen molar-refractivity contribution in [3.8, 4) is 0 Å². The van der Waals surface area contributed by atoms with Crippen LogP contribution in [0.1, 0.15) is 77.1 Å². The number of ether oxygens (including phenoxy) is 1. The van der Waals surface area contributed by atoms with Crippen molar-refractivity contribution in [1.82, 2.24) is 9.78 Å². The molecule has 6 nitrogen and oxygen atoms in total. The average molecular weight is 490 g/mol. The number of nitrogens with one attached hydrogen (secondary N) is 1. The third kappa shape index (κ3) is 4.66. The fourth-order valence-electron chi connectivity index (χ4n) is 4.02. The number of amides is 1. The number of hydrogen-bond donors (Lipinski definition) is 1. The summed E-state index contributed by atoms with van der Waals surface area (Å²) in [7, 11) is 0. The van der Waals surface area contributed by atoms with Crippen molar-refractivity contribution >= 4 is 39.8 Å². The Labute approximate surface area is 192 Å². The van der Waals surface area contributed by atoms with Crippen LogP contribution in [-0.4, -0.2) is 28.3 Å². The standard InChI is InChI=1S/C21H23ClF3N3O3S/c1-2-31-20(30)15-12-5-3-4-6-13(12)32-19(15)26-14(29)9-10-28-17(11-7-8-11)16(22)18(27-28)21(23,24)25/h11H,2-10H2,1H3,(H,26,29). The fourth-order valence-corrected chi connectivity index (χ4v) is 5.71. The van der Waals surface area contributed by atoms with Gasteiger partial charge in [0.05, 0.1) is 29.4 Å². The van der Waals surface area contributed by atoms with Gasteiger partial charge in [-0.3, -0.25) is 9.48 Å². The van der Waals surface area contributed by atoms with Gasteiger partial charge in [-0.2, -0.15) is 18.3 Å². The molecular weight excluding hydrogens is 467 g/mol. The summed E-state index contributed by atoms with van der Waals surface area (Å²) in [5, 5.41) is 6.49. The van der Waals surface area contributed by atoms with Crippen LogP contribution in [0, 0.1) is 0 Å². The quantitative estimate of drug-likeness (QED) is 0.515. The van der Waals surface area contributed by atoms with Gasteiger partial charge in [0.1, 0.15) is 5.00 Å². The molecule has 174 valence electrons. The molecule has 2 heterocycles. The van der Waals surface area contributed by atoms with E-state index >= 15 is 0 Å². The minimum absolute atomic E-state index is 0.0344. The topological polar surface area (TPSA) is 73.2 Å². The number of carbonyl (C=O) groups excluding carboxylic acids is 2. The van der Waals surface area contributed by atoms with Crippen molar-refractivity contribution in [2.75, 3.05) is 11.9 Å². The summed E-state index contributed by atoms with van der Waals surface area (Å²) in [6.07, 6.45) is 0.338. The molecule has 0 unspecified atom stereocenters. The number of carbonyl (C=O) groups is 2. The number of aryl methyl sites for hydroxylation is 2. The molecule has 0 radical (unpaired) electrons. The SMILES string of the molecule is CCOC(=O)c1c(NC(=O)CCn2nc(C(F)(F)F)c(Cl)c2C2CC2)sc2c1CCCC2. The summed E-state index contributed by atoms with van der Waals surface area (Å²) >= 11 is 7.35. The summed E-state index contributed by atoms with van der Waals surface area (Å²) < 4.78 is 46.1. The maximum Gasteiger partial charge on any atom is 0.436 e. The maximum absolute atomic E-state index is 13.2. The van der Waals surface area contributed by atoms with Crippen molar-refractivity contribution in [3.63, 3.8) is 0 Å². The molecule has 0 spiro atoms. The van der Waals surface area contributed by atoms with Crippen molar-refractivity contribution in [1.29, 1.82) is 0 Å². The monoisotopic (exact) mass is 489 g/mol. The molecule has 1 amide bonds. The van der Waals surface area contributed by atoms with Crippen LogP contribution in [0.15, 0.2) is 0 Å². The predicted octanol–water partition coefficient (Wildman–Crippen LogP) is 5.58. The zero-order chi connectivity index (χ0) is 23.0. The van der Waals surface area contributed by atoms with Gasteiger partial charge in [-0.1, -0.05) is 11.6 Å². The van der Waals surface area contributed by atoms with Gasteiger partial charge in [0.15, 0.2) is 5.69 Å². The molecule has 1 N–H and O–H groups in total. The van der Waals surface area contributed by atoms with Crippen LogP contribution in [0.25, 0.3) is 0 Å². The van der Waals surface area contributed by atoms with Crippen molar-refractivity contribution in [2.45, 2.75) is 70.5 Å². The van der Waals surface area contributed by atoms with Crippen LogP contribution in [0.2, 0.25) is 5.02 Å². The van der Waals surface area contributed by atoms with Crippen LogP contribution >= 0.6 is 22.9 Å². The molecule has 0 aliphatic heterocycles. The molecule has 4 rings (SSSR count). The van der Waals surface area contributed by atoms with Crippen molar-refractivity contribution in [2.24, 2.45) is 0 Å². The molecule has 11 heteroatoms. The predicted molar refractivity (Wildman–Crippen MR) is 114 cm³/mol. The summed E-state index contributed by atoms with van der Waals surface area (Å²) in [4.78, 5) is 26.3. The van der Waals surface area contributed by atoms with E-state index in [1.165, 1.54) is 16.0 Å². The van der Waals surface area contributed by atoms with Crippen LogP contribution in [0.3, 0.4) is 0 Å². The second kappa shape index (κ2) is 9.05. The summed E-state index contributed by atoms with van der Waals surface area (Å²) in [6, 6.07) is 0. The number of nitrogens with zero attached hydrogens (tertiary/aromatic N) is 2. The zero-order valence-electron chi connectivity index (χ0n) is 17.5. The Bertz CT molecular complexity index is 1040. The smallest absolute Gasteiger partial charge is 0.436 e. The Hall–Kier alpha value is -2.07. The van der Waals surface area contributed by atoms with Crippen LogP contribution in [0.4, 0.5) is 18.2 Å². The van der Waals surface area contributed by atoms with Gasteiger partial charge >= 0.3 is 12.1 Å². The minimum atomic E-state index is -4.65. The van der Waals surface area contributed by atoms with Crippen LogP contribution in [-0.2, 0) is 35.1 Å². The van der Waals surface area contributed by atoms with E-state index in [2.05, 4.69) is 10.4 Å².